The van der Waals surface area contributed by atoms with Gasteiger partial charge in [-0.05, 0) is 26.1 Å². The van der Waals surface area contributed by atoms with Crippen LogP contribution in [0.5, 0.6) is 0 Å². The van der Waals surface area contributed by atoms with E-state index >= 15 is 0 Å². The molecule has 0 rings (SSSR count). The van der Waals surface area contributed by atoms with Gasteiger partial charge in [-0.25, -0.2) is 0 Å². The zero-order valence-electron chi connectivity index (χ0n) is 7.17. The van der Waals surface area contributed by atoms with E-state index in [-0.39, 0.29) is 0 Å². The molecule has 0 amide bonds. The summed E-state index contributed by atoms with van der Waals surface area (Å²) in [5.74, 6) is 0. The third-order valence-corrected chi connectivity index (χ3v) is 1.28. The van der Waals surface area contributed by atoms with Gasteiger partial charge in [0.05, 0.1) is 6.54 Å². The minimum absolute atomic E-state index is 0.409. The van der Waals surface area contributed by atoms with Crippen molar-refractivity contribution in [3.05, 3.63) is 0 Å². The van der Waals surface area contributed by atoms with Crippen molar-refractivity contribution in [2.24, 2.45) is 0 Å². The van der Waals surface area contributed by atoms with Crippen LogP contribution < -0.4 is 10.6 Å². The Bertz CT molecular complexity index is 103. The first kappa shape index (κ1) is 11.7. The number of hydrogen-bond donors (Lipinski definition) is 2. The fourth-order valence-corrected chi connectivity index (χ4v) is 0.745. The number of alkyl halides is 3. The van der Waals surface area contributed by atoms with Crippen LogP contribution in [0.1, 0.15) is 13.3 Å². The summed E-state index contributed by atoms with van der Waals surface area (Å²) in [7, 11) is 0. The zero-order chi connectivity index (χ0) is 9.45. The Morgan fingerprint density at radius 2 is 1.67 bits per heavy atom. The van der Waals surface area contributed by atoms with Gasteiger partial charge in [0, 0.05) is 0 Å². The van der Waals surface area contributed by atoms with E-state index in [0.717, 1.165) is 19.5 Å². The van der Waals surface area contributed by atoms with Crippen LogP contribution in [-0.4, -0.2) is 32.4 Å². The molecule has 0 radical (unpaired) electrons. The molecule has 0 aliphatic carbocycles. The van der Waals surface area contributed by atoms with Gasteiger partial charge in [-0.15, -0.1) is 0 Å². The lowest BCUT2D eigenvalue weighted by Gasteiger charge is -2.07. The summed E-state index contributed by atoms with van der Waals surface area (Å²) in [6.07, 6.45) is -3.36. The molecule has 0 heterocycles. The van der Waals surface area contributed by atoms with Gasteiger partial charge in [-0.2, -0.15) is 13.2 Å². The molecule has 2 N–H and O–H groups in total. The van der Waals surface area contributed by atoms with E-state index in [9.17, 15) is 13.2 Å². The highest BCUT2D eigenvalue weighted by molar-refractivity contribution is 4.56. The first-order valence-electron chi connectivity index (χ1n) is 4.04. The predicted octanol–water partition coefficient (Wildman–Crippen LogP) is 1.14. The lowest BCUT2D eigenvalue weighted by molar-refractivity contribution is -0.124. The van der Waals surface area contributed by atoms with Crippen molar-refractivity contribution in [2.75, 3.05) is 26.2 Å². The molecule has 0 aliphatic rings. The monoisotopic (exact) mass is 184 g/mol. The minimum Gasteiger partial charge on any atom is -0.317 e. The molecule has 0 aliphatic heterocycles. The van der Waals surface area contributed by atoms with Gasteiger partial charge in [-0.1, -0.05) is 6.92 Å². The van der Waals surface area contributed by atoms with E-state index in [1.807, 2.05) is 6.92 Å². The summed E-state index contributed by atoms with van der Waals surface area (Å²) in [6.45, 7) is 3.11. The predicted molar refractivity (Wildman–Crippen MR) is 42.1 cm³/mol. The second kappa shape index (κ2) is 6.25. The van der Waals surface area contributed by atoms with Crippen molar-refractivity contribution < 1.29 is 13.2 Å². The lowest BCUT2D eigenvalue weighted by Crippen LogP contribution is -2.30. The summed E-state index contributed by atoms with van der Waals surface area (Å²) < 4.78 is 34.7. The van der Waals surface area contributed by atoms with E-state index in [0.29, 0.717) is 6.54 Å². The Kier molecular flexibility index (Phi) is 6.10. The van der Waals surface area contributed by atoms with Gasteiger partial charge >= 0.3 is 6.18 Å². The Hall–Kier alpha value is -0.290. The standard InChI is InChI=1S/C7H15F3N2/c1-2-11-4-3-5-12-6-7(8,9)10/h11-12H,2-6H2,1H3. The first-order chi connectivity index (χ1) is 5.56. The van der Waals surface area contributed by atoms with E-state index in [1.165, 1.54) is 0 Å². The van der Waals surface area contributed by atoms with Crippen molar-refractivity contribution in [2.45, 2.75) is 19.5 Å². The number of hydrogen-bond acceptors (Lipinski definition) is 2. The molecule has 2 nitrogen and oxygen atoms in total. The van der Waals surface area contributed by atoms with Gasteiger partial charge < -0.3 is 10.6 Å². The molecule has 0 bridgehead atoms. The second-order valence-corrected chi connectivity index (χ2v) is 2.50. The fraction of sp³-hybridized carbons (Fsp3) is 1.00. The molecule has 0 aromatic carbocycles. The van der Waals surface area contributed by atoms with E-state index < -0.39 is 12.7 Å². The van der Waals surface area contributed by atoms with Crippen molar-refractivity contribution in [1.29, 1.82) is 0 Å². The molecule has 0 aromatic rings. The minimum atomic E-state index is -4.09. The molecule has 0 fully saturated rings. The number of rotatable bonds is 6. The van der Waals surface area contributed by atoms with Gasteiger partial charge in [0.2, 0.25) is 0 Å². The largest absolute Gasteiger partial charge is 0.401 e. The molecule has 0 saturated heterocycles. The van der Waals surface area contributed by atoms with Crippen LogP contribution in [0.25, 0.3) is 0 Å². The normalized spacial score (nSPS) is 12.0. The molecule has 0 aromatic heterocycles. The Labute approximate surface area is 70.5 Å². The van der Waals surface area contributed by atoms with Gasteiger partial charge in [0.15, 0.2) is 0 Å². The van der Waals surface area contributed by atoms with Gasteiger partial charge in [0.25, 0.3) is 0 Å². The second-order valence-electron chi connectivity index (χ2n) is 2.50. The van der Waals surface area contributed by atoms with Gasteiger partial charge in [0.1, 0.15) is 0 Å². The molecule has 74 valence electrons. The Balaban J connectivity index is 3.01. The first-order valence-corrected chi connectivity index (χ1v) is 4.04. The van der Waals surface area contributed by atoms with E-state index in [2.05, 4.69) is 10.6 Å². The average molecular weight is 184 g/mol. The molecular weight excluding hydrogens is 169 g/mol. The maximum atomic E-state index is 11.6. The number of nitrogens with one attached hydrogen (secondary N) is 2. The van der Waals surface area contributed by atoms with Crippen LogP contribution in [0.4, 0.5) is 13.2 Å². The van der Waals surface area contributed by atoms with Crippen LogP contribution in [0.15, 0.2) is 0 Å². The molecule has 5 heteroatoms. The van der Waals surface area contributed by atoms with Gasteiger partial charge in [-0.3, -0.25) is 0 Å². The quantitative estimate of drug-likeness (QED) is 0.605. The highest BCUT2D eigenvalue weighted by Gasteiger charge is 2.25. The summed E-state index contributed by atoms with van der Waals surface area (Å²) in [6, 6.07) is 0. The molecule has 0 spiro atoms. The van der Waals surface area contributed by atoms with Crippen LogP contribution in [-0.2, 0) is 0 Å². The van der Waals surface area contributed by atoms with Crippen LogP contribution >= 0.6 is 0 Å². The van der Waals surface area contributed by atoms with Crippen LogP contribution in [0.3, 0.4) is 0 Å². The fourth-order valence-electron chi connectivity index (χ4n) is 0.745. The maximum absolute atomic E-state index is 11.6. The Morgan fingerprint density at radius 3 is 2.17 bits per heavy atom. The summed E-state index contributed by atoms with van der Waals surface area (Å²) in [4.78, 5) is 0. The third kappa shape index (κ3) is 9.71. The summed E-state index contributed by atoms with van der Waals surface area (Å²) in [5.41, 5.74) is 0. The van der Waals surface area contributed by atoms with Crippen molar-refractivity contribution in [1.82, 2.24) is 10.6 Å². The van der Waals surface area contributed by atoms with Crippen molar-refractivity contribution in [3.8, 4) is 0 Å². The van der Waals surface area contributed by atoms with Crippen molar-refractivity contribution in [3.63, 3.8) is 0 Å². The summed E-state index contributed by atoms with van der Waals surface area (Å²) in [5, 5.41) is 5.34. The smallest absolute Gasteiger partial charge is 0.317 e. The molecule has 12 heavy (non-hydrogen) atoms. The van der Waals surface area contributed by atoms with Crippen molar-refractivity contribution >= 4 is 0 Å². The lowest BCUT2D eigenvalue weighted by atomic mass is 10.4. The zero-order valence-corrected chi connectivity index (χ0v) is 7.17. The highest BCUT2D eigenvalue weighted by atomic mass is 19.4. The number of halogens is 3. The molecular formula is C7H15F3N2. The third-order valence-electron chi connectivity index (χ3n) is 1.28. The molecule has 0 unspecified atom stereocenters. The highest BCUT2D eigenvalue weighted by Crippen LogP contribution is 2.11. The maximum Gasteiger partial charge on any atom is 0.401 e. The SMILES string of the molecule is CCNCCCNCC(F)(F)F. The van der Waals surface area contributed by atoms with Crippen LogP contribution in [0.2, 0.25) is 0 Å². The summed E-state index contributed by atoms with van der Waals surface area (Å²) >= 11 is 0. The topological polar surface area (TPSA) is 24.1 Å². The van der Waals surface area contributed by atoms with Crippen LogP contribution in [0, 0.1) is 0 Å². The average Bonchev–Trinajstić information content (AvgIpc) is 1.94. The Morgan fingerprint density at radius 1 is 1.08 bits per heavy atom. The molecule has 0 atom stereocenters. The van der Waals surface area contributed by atoms with E-state index in [4.69, 9.17) is 0 Å². The molecule has 0 saturated carbocycles. The van der Waals surface area contributed by atoms with E-state index in [1.54, 1.807) is 0 Å².